The summed E-state index contributed by atoms with van der Waals surface area (Å²) < 4.78 is 5.74. The van der Waals surface area contributed by atoms with Gasteiger partial charge in [-0.05, 0) is 18.7 Å². The summed E-state index contributed by atoms with van der Waals surface area (Å²) in [5, 5.41) is 8.91. The molecule has 16 heavy (non-hydrogen) atoms. The third kappa shape index (κ3) is 5.14. The molecule has 0 aromatic rings. The van der Waals surface area contributed by atoms with E-state index in [0.717, 1.165) is 26.2 Å². The average Bonchev–Trinajstić information content (AvgIpc) is 2.60. The van der Waals surface area contributed by atoms with Crippen molar-refractivity contribution in [3.8, 4) is 0 Å². The van der Waals surface area contributed by atoms with E-state index < -0.39 is 8.07 Å². The molecule has 3 nitrogen and oxygen atoms in total. The van der Waals surface area contributed by atoms with Crippen LogP contribution >= 0.6 is 0 Å². The highest BCUT2D eigenvalue weighted by Gasteiger charge is 2.19. The van der Waals surface area contributed by atoms with Gasteiger partial charge in [-0.1, -0.05) is 25.7 Å². The van der Waals surface area contributed by atoms with E-state index in [4.69, 9.17) is 9.84 Å². The average molecular weight is 243 g/mol. The summed E-state index contributed by atoms with van der Waals surface area (Å²) in [6.45, 7) is 9.72. The molecule has 0 fully saturated rings. The SMILES string of the molecule is C[Si](C)(C)CCOCC1CC=CN1CCO. The number of hydrogen-bond donors (Lipinski definition) is 1. The van der Waals surface area contributed by atoms with Crippen LogP contribution in [0.1, 0.15) is 6.42 Å². The van der Waals surface area contributed by atoms with Gasteiger partial charge >= 0.3 is 0 Å². The largest absolute Gasteiger partial charge is 0.395 e. The maximum Gasteiger partial charge on any atom is 0.0672 e. The van der Waals surface area contributed by atoms with Crippen LogP contribution in [0.5, 0.6) is 0 Å². The lowest BCUT2D eigenvalue weighted by atomic mass is 10.2. The molecule has 0 radical (unpaired) electrons. The van der Waals surface area contributed by atoms with Crippen molar-refractivity contribution in [2.45, 2.75) is 38.1 Å². The van der Waals surface area contributed by atoms with Crippen molar-refractivity contribution in [2.75, 3.05) is 26.4 Å². The molecule has 1 rings (SSSR count). The fraction of sp³-hybridized carbons (Fsp3) is 0.833. The van der Waals surface area contributed by atoms with Crippen molar-refractivity contribution in [1.82, 2.24) is 4.90 Å². The number of hydrogen-bond acceptors (Lipinski definition) is 3. The Bertz CT molecular complexity index is 226. The third-order valence-corrected chi connectivity index (χ3v) is 4.54. The van der Waals surface area contributed by atoms with Crippen LogP contribution < -0.4 is 0 Å². The zero-order chi connectivity index (χ0) is 12.0. The van der Waals surface area contributed by atoms with Crippen LogP contribution in [0.2, 0.25) is 25.7 Å². The lowest BCUT2D eigenvalue weighted by Crippen LogP contribution is -2.33. The van der Waals surface area contributed by atoms with Crippen molar-refractivity contribution in [2.24, 2.45) is 0 Å². The van der Waals surface area contributed by atoms with Crippen LogP contribution in [0, 0.1) is 0 Å². The number of aliphatic hydroxyl groups is 1. The Morgan fingerprint density at radius 3 is 2.81 bits per heavy atom. The highest BCUT2D eigenvalue weighted by Crippen LogP contribution is 2.15. The van der Waals surface area contributed by atoms with Crippen LogP contribution in [0.25, 0.3) is 0 Å². The molecule has 0 aliphatic carbocycles. The number of aliphatic hydroxyl groups excluding tert-OH is 1. The lowest BCUT2D eigenvalue weighted by Gasteiger charge is -2.25. The molecule has 1 aliphatic rings. The summed E-state index contributed by atoms with van der Waals surface area (Å²) in [6.07, 6.45) is 5.28. The van der Waals surface area contributed by atoms with Gasteiger partial charge in [-0.3, -0.25) is 0 Å². The Labute approximate surface area is 100 Å². The maximum atomic E-state index is 8.91. The summed E-state index contributed by atoms with van der Waals surface area (Å²) in [7, 11) is -0.960. The van der Waals surface area contributed by atoms with Crippen molar-refractivity contribution >= 4 is 8.07 Å². The predicted octanol–water partition coefficient (Wildman–Crippen LogP) is 1.92. The molecule has 1 N–H and O–H groups in total. The topological polar surface area (TPSA) is 32.7 Å². The van der Waals surface area contributed by atoms with E-state index in [-0.39, 0.29) is 6.61 Å². The second-order valence-electron chi connectivity index (χ2n) is 5.62. The third-order valence-electron chi connectivity index (χ3n) is 2.84. The molecule has 0 spiro atoms. The van der Waals surface area contributed by atoms with Crippen LogP contribution in [0.4, 0.5) is 0 Å². The van der Waals surface area contributed by atoms with E-state index in [1.165, 1.54) is 6.04 Å². The van der Waals surface area contributed by atoms with Crippen LogP contribution in [-0.2, 0) is 4.74 Å². The maximum absolute atomic E-state index is 8.91. The Hall–Kier alpha value is -0.323. The molecule has 1 unspecified atom stereocenters. The van der Waals surface area contributed by atoms with Crippen molar-refractivity contribution in [3.63, 3.8) is 0 Å². The quantitative estimate of drug-likeness (QED) is 0.548. The van der Waals surface area contributed by atoms with Gasteiger partial charge in [0, 0.05) is 21.2 Å². The van der Waals surface area contributed by atoms with Crippen molar-refractivity contribution in [3.05, 3.63) is 12.3 Å². The van der Waals surface area contributed by atoms with Crippen LogP contribution in [-0.4, -0.2) is 50.5 Å². The van der Waals surface area contributed by atoms with Gasteiger partial charge in [0.05, 0.1) is 19.3 Å². The monoisotopic (exact) mass is 243 g/mol. The van der Waals surface area contributed by atoms with Gasteiger partial charge in [-0.15, -0.1) is 0 Å². The van der Waals surface area contributed by atoms with Gasteiger partial charge < -0.3 is 14.7 Å². The molecule has 0 aromatic carbocycles. The molecular formula is C12H25NO2Si. The molecule has 4 heteroatoms. The molecule has 1 aliphatic heterocycles. The minimum atomic E-state index is -0.960. The lowest BCUT2D eigenvalue weighted by molar-refractivity contribution is 0.0859. The molecule has 0 aromatic heterocycles. The number of ether oxygens (including phenoxy) is 1. The smallest absolute Gasteiger partial charge is 0.0672 e. The molecule has 94 valence electrons. The fourth-order valence-corrected chi connectivity index (χ4v) is 2.50. The van der Waals surface area contributed by atoms with E-state index in [1.54, 1.807) is 0 Å². The van der Waals surface area contributed by atoms with Gasteiger partial charge in [0.25, 0.3) is 0 Å². The summed E-state index contributed by atoms with van der Waals surface area (Å²) >= 11 is 0. The first-order valence-corrected chi connectivity index (χ1v) is 9.84. The highest BCUT2D eigenvalue weighted by molar-refractivity contribution is 6.76. The van der Waals surface area contributed by atoms with E-state index in [1.807, 2.05) is 0 Å². The standard InChI is InChI=1S/C12H25NO2Si/c1-16(2,3)10-9-15-11-12-5-4-6-13(12)7-8-14/h4,6,12,14H,5,7-11H2,1-3H3. The normalized spacial score (nSPS) is 20.8. The Kier molecular flexibility index (Phi) is 5.51. The summed E-state index contributed by atoms with van der Waals surface area (Å²) in [5.41, 5.74) is 0. The van der Waals surface area contributed by atoms with Crippen LogP contribution in [0.15, 0.2) is 12.3 Å². The number of nitrogens with zero attached hydrogens (tertiary/aromatic N) is 1. The van der Waals surface area contributed by atoms with E-state index in [2.05, 4.69) is 36.8 Å². The molecule has 0 amide bonds. The van der Waals surface area contributed by atoms with Gasteiger partial charge in [-0.25, -0.2) is 0 Å². The minimum Gasteiger partial charge on any atom is -0.395 e. The van der Waals surface area contributed by atoms with E-state index in [0.29, 0.717) is 6.04 Å². The second kappa shape index (κ2) is 6.42. The molecular weight excluding hydrogens is 218 g/mol. The highest BCUT2D eigenvalue weighted by atomic mass is 28.3. The summed E-state index contributed by atoms with van der Waals surface area (Å²) in [5.74, 6) is 0. The first-order chi connectivity index (χ1) is 7.53. The zero-order valence-corrected chi connectivity index (χ0v) is 11.8. The Morgan fingerprint density at radius 2 is 2.19 bits per heavy atom. The minimum absolute atomic E-state index is 0.218. The molecule has 1 heterocycles. The molecule has 0 bridgehead atoms. The predicted molar refractivity (Wildman–Crippen MR) is 70.3 cm³/mol. The van der Waals surface area contributed by atoms with E-state index in [9.17, 15) is 0 Å². The van der Waals surface area contributed by atoms with Crippen molar-refractivity contribution < 1.29 is 9.84 Å². The summed E-state index contributed by atoms with van der Waals surface area (Å²) in [4.78, 5) is 2.18. The number of rotatable bonds is 7. The van der Waals surface area contributed by atoms with Crippen molar-refractivity contribution in [1.29, 1.82) is 0 Å². The van der Waals surface area contributed by atoms with E-state index >= 15 is 0 Å². The zero-order valence-electron chi connectivity index (χ0n) is 10.8. The Balaban J connectivity index is 2.13. The first kappa shape index (κ1) is 13.7. The Morgan fingerprint density at radius 1 is 1.44 bits per heavy atom. The summed E-state index contributed by atoms with van der Waals surface area (Å²) in [6, 6.07) is 1.67. The van der Waals surface area contributed by atoms with Gasteiger partial charge in [0.2, 0.25) is 0 Å². The van der Waals surface area contributed by atoms with Gasteiger partial charge in [-0.2, -0.15) is 0 Å². The van der Waals surface area contributed by atoms with Gasteiger partial charge in [0.1, 0.15) is 0 Å². The molecule has 0 saturated heterocycles. The second-order valence-corrected chi connectivity index (χ2v) is 11.2. The number of β-amino-alcohol motifs (C(OH)–C–C–N with tert-alkyl or cyclic N) is 1. The first-order valence-electron chi connectivity index (χ1n) is 6.14. The molecule has 1 atom stereocenters. The molecule has 0 saturated carbocycles. The van der Waals surface area contributed by atoms with Gasteiger partial charge in [0.15, 0.2) is 0 Å². The van der Waals surface area contributed by atoms with Crippen LogP contribution in [0.3, 0.4) is 0 Å². The fourth-order valence-electron chi connectivity index (χ4n) is 1.74.